The zero-order valence-corrected chi connectivity index (χ0v) is 24.3. The highest BCUT2D eigenvalue weighted by Gasteiger charge is 2.25. The molecule has 4 aromatic heterocycles. The van der Waals surface area contributed by atoms with Crippen LogP contribution in [0.1, 0.15) is 41.9 Å². The average molecular weight is 604 g/mol. The second-order valence-electron chi connectivity index (χ2n) is 9.26. The molecule has 2 aliphatic heterocycles. The number of hydrogen-bond acceptors (Lipinski definition) is 7. The summed E-state index contributed by atoms with van der Waals surface area (Å²) in [7, 11) is 0. The van der Waals surface area contributed by atoms with Crippen molar-refractivity contribution in [3.8, 4) is 10.6 Å². The zero-order valence-electron chi connectivity index (χ0n) is 21.0. The molecule has 0 spiro atoms. The van der Waals surface area contributed by atoms with E-state index < -0.39 is 0 Å². The monoisotopic (exact) mass is 602 g/mol. The Balaban J connectivity index is 0.00000176. The molecule has 4 aromatic rings. The molecule has 1 saturated heterocycles. The lowest BCUT2D eigenvalue weighted by atomic mass is 9.92. The summed E-state index contributed by atoms with van der Waals surface area (Å²) in [6, 6.07) is 9.74. The van der Waals surface area contributed by atoms with Gasteiger partial charge in [-0.2, -0.15) is 0 Å². The minimum atomic E-state index is -0.0377. The van der Waals surface area contributed by atoms with Crippen LogP contribution in [-0.2, 0) is 4.79 Å². The number of halogens is 2. The summed E-state index contributed by atoms with van der Waals surface area (Å²) < 4.78 is 2.06. The summed E-state index contributed by atoms with van der Waals surface area (Å²) in [5, 5.41) is 6.77. The van der Waals surface area contributed by atoms with E-state index in [0.29, 0.717) is 23.1 Å². The number of nitrogens with zero attached hydrogens (tertiary/aromatic N) is 5. The predicted molar refractivity (Wildman–Crippen MR) is 160 cm³/mol. The Kier molecular flexibility index (Phi) is 9.66. The van der Waals surface area contributed by atoms with Gasteiger partial charge < -0.3 is 10.2 Å². The molecule has 2 aliphatic rings. The standard InChI is InChI=1S/C27H26N6O2S2.2ClH/c34-25(22-15-20-16-30-23-4-1-5-24(37-22)33(20)23)29-10-2-3-18-8-13-32(14-9-18)27(35)21-17-36-26(31-21)19-6-11-28-12-7-19;;/h1,4-7,11-12,15-18H,2-3,8-10,13-14H2,(H,29,34);2*1H. The van der Waals surface area contributed by atoms with E-state index in [1.807, 2.05) is 46.7 Å². The van der Waals surface area contributed by atoms with Crippen LogP contribution >= 0.6 is 47.9 Å². The van der Waals surface area contributed by atoms with Crippen LogP contribution in [0.3, 0.4) is 0 Å². The maximum Gasteiger partial charge on any atom is 0.273 e. The fourth-order valence-corrected chi connectivity index (χ4v) is 6.67. The van der Waals surface area contributed by atoms with Gasteiger partial charge in [0.15, 0.2) is 0 Å². The molecule has 0 atom stereocenters. The van der Waals surface area contributed by atoms with E-state index in [0.717, 1.165) is 65.7 Å². The summed E-state index contributed by atoms with van der Waals surface area (Å²) in [6.07, 6.45) is 11.1. The molecule has 2 amide bonds. The molecule has 0 aliphatic carbocycles. The SMILES string of the molecule is Cl.Cl.O=C(NCCCC1CCN(C(=O)c2csc(-c3ccncc3)n2)CC1)C1=Cc2cnc3cccc(n23)S1. The molecule has 0 aromatic carbocycles. The summed E-state index contributed by atoms with van der Waals surface area (Å²) in [4.78, 5) is 41.3. The van der Waals surface area contributed by atoms with Gasteiger partial charge in [0.05, 0.1) is 21.8 Å². The van der Waals surface area contributed by atoms with Crippen LogP contribution in [-0.4, -0.2) is 55.7 Å². The van der Waals surface area contributed by atoms with Crippen LogP contribution in [0.15, 0.2) is 64.2 Å². The van der Waals surface area contributed by atoms with Crippen molar-refractivity contribution in [2.75, 3.05) is 19.6 Å². The number of amides is 2. The summed E-state index contributed by atoms with van der Waals surface area (Å²) in [5.74, 6) is 0.542. The Morgan fingerprint density at radius 1 is 1.08 bits per heavy atom. The number of pyridine rings is 2. The maximum absolute atomic E-state index is 13.0. The molecule has 6 heterocycles. The van der Waals surface area contributed by atoms with Crippen LogP contribution in [0.4, 0.5) is 0 Å². The minimum absolute atomic E-state index is 0. The molecule has 1 fully saturated rings. The third kappa shape index (κ3) is 6.30. The summed E-state index contributed by atoms with van der Waals surface area (Å²) in [6.45, 7) is 2.15. The molecule has 0 bridgehead atoms. The van der Waals surface area contributed by atoms with Gasteiger partial charge in [0.25, 0.3) is 11.8 Å². The van der Waals surface area contributed by atoms with Gasteiger partial charge in [-0.25, -0.2) is 9.97 Å². The van der Waals surface area contributed by atoms with Gasteiger partial charge in [-0.1, -0.05) is 17.8 Å². The topological polar surface area (TPSA) is 92.5 Å². The van der Waals surface area contributed by atoms with Gasteiger partial charge in [-0.05, 0) is 61.9 Å². The summed E-state index contributed by atoms with van der Waals surface area (Å²) >= 11 is 2.96. The molecule has 8 nitrogen and oxygen atoms in total. The number of aromatic nitrogens is 4. The number of hydrogen-bond donors (Lipinski definition) is 1. The number of rotatable bonds is 7. The van der Waals surface area contributed by atoms with Gasteiger partial charge in [-0.3, -0.25) is 19.0 Å². The van der Waals surface area contributed by atoms with Crippen LogP contribution < -0.4 is 5.32 Å². The van der Waals surface area contributed by atoms with Crippen molar-refractivity contribution in [1.29, 1.82) is 0 Å². The number of thioether (sulfide) groups is 1. The smallest absolute Gasteiger partial charge is 0.273 e. The van der Waals surface area contributed by atoms with Crippen LogP contribution in [0, 0.1) is 5.92 Å². The third-order valence-corrected chi connectivity index (χ3v) is 8.81. The average Bonchev–Trinajstić information content (AvgIpc) is 3.60. The van der Waals surface area contributed by atoms with Crippen molar-refractivity contribution in [2.24, 2.45) is 5.92 Å². The predicted octanol–water partition coefficient (Wildman–Crippen LogP) is 5.59. The molecule has 12 heteroatoms. The van der Waals surface area contributed by atoms with Crippen LogP contribution in [0.25, 0.3) is 22.3 Å². The lowest BCUT2D eigenvalue weighted by molar-refractivity contribution is -0.116. The van der Waals surface area contributed by atoms with Gasteiger partial charge in [-0.15, -0.1) is 36.2 Å². The first-order chi connectivity index (χ1) is 18.2. The van der Waals surface area contributed by atoms with Gasteiger partial charge in [0.2, 0.25) is 0 Å². The van der Waals surface area contributed by atoms with Crippen LogP contribution in [0.2, 0.25) is 0 Å². The van der Waals surface area contributed by atoms with Crippen molar-refractivity contribution in [3.63, 3.8) is 0 Å². The highest BCUT2D eigenvalue weighted by molar-refractivity contribution is 8.04. The first kappa shape index (κ1) is 29.1. The Hall–Kier alpha value is -2.92. The molecular weight excluding hydrogens is 575 g/mol. The first-order valence-electron chi connectivity index (χ1n) is 12.4. The van der Waals surface area contributed by atoms with E-state index in [2.05, 4.69) is 24.7 Å². The minimum Gasteiger partial charge on any atom is -0.352 e. The van der Waals surface area contributed by atoms with E-state index in [9.17, 15) is 9.59 Å². The third-order valence-electron chi connectivity index (χ3n) is 6.87. The fraction of sp³-hybridized carbons (Fsp3) is 0.296. The number of likely N-dealkylation sites (tertiary alicyclic amines) is 1. The molecular formula is C27H28Cl2N6O2S2. The fourth-order valence-electron chi connectivity index (χ4n) is 4.86. The highest BCUT2D eigenvalue weighted by Crippen LogP contribution is 2.34. The number of imidazole rings is 1. The van der Waals surface area contributed by atoms with E-state index in [-0.39, 0.29) is 36.6 Å². The molecule has 0 radical (unpaired) electrons. The number of carbonyl (C=O) groups excluding carboxylic acids is 2. The molecule has 6 rings (SSSR count). The second kappa shape index (κ2) is 13.0. The number of thiazole rings is 1. The Morgan fingerprint density at radius 2 is 1.87 bits per heavy atom. The van der Waals surface area contributed by atoms with Crippen molar-refractivity contribution in [3.05, 3.63) is 70.6 Å². The molecule has 39 heavy (non-hydrogen) atoms. The van der Waals surface area contributed by atoms with Gasteiger partial charge >= 0.3 is 0 Å². The Labute approximate surface area is 247 Å². The number of carbonyl (C=O) groups is 2. The maximum atomic E-state index is 13.0. The summed E-state index contributed by atoms with van der Waals surface area (Å²) in [5.41, 5.74) is 3.33. The largest absolute Gasteiger partial charge is 0.352 e. The van der Waals surface area contributed by atoms with E-state index in [1.54, 1.807) is 18.6 Å². The normalized spacial score (nSPS) is 14.8. The molecule has 0 unspecified atom stereocenters. The molecule has 204 valence electrons. The first-order valence-corrected chi connectivity index (χ1v) is 14.1. The van der Waals surface area contributed by atoms with E-state index >= 15 is 0 Å². The van der Waals surface area contributed by atoms with Crippen molar-refractivity contribution in [2.45, 2.75) is 30.7 Å². The van der Waals surface area contributed by atoms with Gasteiger partial charge in [0, 0.05) is 43.0 Å². The van der Waals surface area contributed by atoms with Gasteiger partial charge in [0.1, 0.15) is 16.3 Å². The van der Waals surface area contributed by atoms with E-state index in [1.165, 1.54) is 23.1 Å². The Morgan fingerprint density at radius 3 is 2.67 bits per heavy atom. The lowest BCUT2D eigenvalue weighted by Gasteiger charge is -2.31. The highest BCUT2D eigenvalue weighted by atomic mass is 35.5. The number of piperidine rings is 1. The molecule has 0 saturated carbocycles. The zero-order chi connectivity index (χ0) is 25.2. The number of nitrogens with one attached hydrogen (secondary N) is 1. The quantitative estimate of drug-likeness (QED) is 0.277. The van der Waals surface area contributed by atoms with E-state index in [4.69, 9.17) is 0 Å². The van der Waals surface area contributed by atoms with Crippen molar-refractivity contribution >= 4 is 71.5 Å². The molecule has 1 N–H and O–H groups in total. The van der Waals surface area contributed by atoms with Crippen molar-refractivity contribution < 1.29 is 9.59 Å². The van der Waals surface area contributed by atoms with Crippen LogP contribution in [0.5, 0.6) is 0 Å². The lowest BCUT2D eigenvalue weighted by Crippen LogP contribution is -2.38. The second-order valence-corrected chi connectivity index (χ2v) is 11.2. The van der Waals surface area contributed by atoms with Crippen molar-refractivity contribution in [1.82, 2.24) is 29.6 Å². The Bertz CT molecular complexity index is 1480.